The lowest BCUT2D eigenvalue weighted by Gasteiger charge is -2.42. The summed E-state index contributed by atoms with van der Waals surface area (Å²) in [5, 5.41) is 3.66. The quantitative estimate of drug-likeness (QED) is 0.910. The maximum Gasteiger partial charge on any atom is 0.0608 e. The van der Waals surface area contributed by atoms with Crippen molar-refractivity contribution in [2.24, 2.45) is 0 Å². The van der Waals surface area contributed by atoms with Gasteiger partial charge < -0.3 is 15.1 Å². The highest BCUT2D eigenvalue weighted by Crippen LogP contribution is 2.42. The first-order valence-electron chi connectivity index (χ1n) is 7.98. The standard InChI is InChI=1S/C17H27N3/c1-4-18-13-11-14-9-10-15(12-13)20(14)17-8-6-5-7-16(17)19(2)3/h5-8,13-15,18H,4,9-12H2,1-3H3. The average molecular weight is 273 g/mol. The Kier molecular flexibility index (Phi) is 3.88. The molecule has 2 heterocycles. The predicted molar refractivity (Wildman–Crippen MR) is 86.8 cm³/mol. The topological polar surface area (TPSA) is 18.5 Å². The van der Waals surface area contributed by atoms with Gasteiger partial charge in [-0.05, 0) is 44.4 Å². The molecule has 3 heteroatoms. The van der Waals surface area contributed by atoms with Gasteiger partial charge in [0.1, 0.15) is 0 Å². The van der Waals surface area contributed by atoms with Crippen LogP contribution in [0.2, 0.25) is 0 Å². The Morgan fingerprint density at radius 1 is 1.15 bits per heavy atom. The second-order valence-corrected chi connectivity index (χ2v) is 6.40. The summed E-state index contributed by atoms with van der Waals surface area (Å²) in [4.78, 5) is 4.95. The van der Waals surface area contributed by atoms with Gasteiger partial charge in [-0.15, -0.1) is 0 Å². The van der Waals surface area contributed by atoms with Crippen LogP contribution < -0.4 is 15.1 Å². The molecule has 0 aliphatic carbocycles. The van der Waals surface area contributed by atoms with Crippen LogP contribution in [-0.2, 0) is 0 Å². The third-order valence-electron chi connectivity index (χ3n) is 4.87. The zero-order valence-electron chi connectivity index (χ0n) is 13.0. The molecular formula is C17H27N3. The Bertz CT molecular complexity index is 443. The van der Waals surface area contributed by atoms with E-state index in [1.54, 1.807) is 0 Å². The van der Waals surface area contributed by atoms with E-state index in [1.165, 1.54) is 37.1 Å². The van der Waals surface area contributed by atoms with Crippen LogP contribution in [0.1, 0.15) is 32.6 Å². The van der Waals surface area contributed by atoms with Crippen molar-refractivity contribution in [3.05, 3.63) is 24.3 Å². The fraction of sp³-hybridized carbons (Fsp3) is 0.647. The number of hydrogen-bond donors (Lipinski definition) is 1. The fourth-order valence-corrected chi connectivity index (χ4v) is 4.09. The molecule has 2 aliphatic heterocycles. The second-order valence-electron chi connectivity index (χ2n) is 6.40. The minimum absolute atomic E-state index is 0.721. The molecule has 3 nitrogen and oxygen atoms in total. The van der Waals surface area contributed by atoms with E-state index in [9.17, 15) is 0 Å². The zero-order valence-corrected chi connectivity index (χ0v) is 13.0. The van der Waals surface area contributed by atoms with Crippen molar-refractivity contribution in [2.45, 2.75) is 50.7 Å². The van der Waals surface area contributed by atoms with E-state index >= 15 is 0 Å². The minimum atomic E-state index is 0.721. The highest BCUT2D eigenvalue weighted by molar-refractivity contribution is 5.72. The van der Waals surface area contributed by atoms with Gasteiger partial charge >= 0.3 is 0 Å². The zero-order chi connectivity index (χ0) is 14.1. The summed E-state index contributed by atoms with van der Waals surface area (Å²) in [5.74, 6) is 0. The molecule has 2 saturated heterocycles. The number of para-hydroxylation sites is 2. The molecule has 20 heavy (non-hydrogen) atoms. The van der Waals surface area contributed by atoms with E-state index in [0.29, 0.717) is 0 Å². The highest BCUT2D eigenvalue weighted by atomic mass is 15.3. The number of nitrogens with zero attached hydrogens (tertiary/aromatic N) is 2. The van der Waals surface area contributed by atoms with Gasteiger partial charge in [0.25, 0.3) is 0 Å². The third-order valence-corrected chi connectivity index (χ3v) is 4.87. The predicted octanol–water partition coefficient (Wildman–Crippen LogP) is 2.86. The number of benzene rings is 1. The van der Waals surface area contributed by atoms with Crippen LogP contribution in [0.15, 0.2) is 24.3 Å². The smallest absolute Gasteiger partial charge is 0.0608 e. The van der Waals surface area contributed by atoms with Crippen molar-refractivity contribution in [2.75, 3.05) is 30.4 Å². The molecule has 2 bridgehead atoms. The monoisotopic (exact) mass is 273 g/mol. The summed E-state index contributed by atoms with van der Waals surface area (Å²) in [6, 6.07) is 11.0. The van der Waals surface area contributed by atoms with Gasteiger partial charge in [0.15, 0.2) is 0 Å². The van der Waals surface area contributed by atoms with Gasteiger partial charge in [0.05, 0.1) is 11.4 Å². The van der Waals surface area contributed by atoms with Crippen LogP contribution in [-0.4, -0.2) is 38.8 Å². The summed E-state index contributed by atoms with van der Waals surface area (Å²) in [6.45, 7) is 3.31. The molecule has 3 rings (SSSR count). The first-order valence-corrected chi connectivity index (χ1v) is 7.98. The number of rotatable bonds is 4. The lowest BCUT2D eigenvalue weighted by molar-refractivity contribution is 0.361. The summed E-state index contributed by atoms with van der Waals surface area (Å²) in [5.41, 5.74) is 2.78. The van der Waals surface area contributed by atoms with Crippen molar-refractivity contribution < 1.29 is 0 Å². The van der Waals surface area contributed by atoms with Crippen LogP contribution in [0.4, 0.5) is 11.4 Å². The molecule has 0 aromatic heterocycles. The molecule has 1 aromatic rings. The first kappa shape index (κ1) is 13.7. The molecule has 0 spiro atoms. The third kappa shape index (κ3) is 2.39. The van der Waals surface area contributed by atoms with Crippen molar-refractivity contribution in [1.29, 1.82) is 0 Å². The number of anilines is 2. The molecule has 1 N–H and O–H groups in total. The Morgan fingerprint density at radius 3 is 2.40 bits per heavy atom. The number of nitrogens with one attached hydrogen (secondary N) is 1. The Labute approximate surface area is 123 Å². The van der Waals surface area contributed by atoms with Crippen LogP contribution in [0.5, 0.6) is 0 Å². The Morgan fingerprint density at radius 2 is 1.80 bits per heavy atom. The van der Waals surface area contributed by atoms with Crippen LogP contribution >= 0.6 is 0 Å². The lowest BCUT2D eigenvalue weighted by atomic mass is 9.96. The minimum Gasteiger partial charge on any atom is -0.376 e. The van der Waals surface area contributed by atoms with Gasteiger partial charge in [0.2, 0.25) is 0 Å². The second kappa shape index (κ2) is 5.65. The molecule has 0 radical (unpaired) electrons. The summed E-state index contributed by atoms with van der Waals surface area (Å²) in [6.07, 6.45) is 5.31. The van der Waals surface area contributed by atoms with Crippen molar-refractivity contribution >= 4 is 11.4 Å². The molecule has 2 atom stereocenters. The van der Waals surface area contributed by atoms with Crippen molar-refractivity contribution in [1.82, 2.24) is 5.32 Å². The number of hydrogen-bond acceptors (Lipinski definition) is 3. The van der Waals surface area contributed by atoms with Crippen molar-refractivity contribution in [3.63, 3.8) is 0 Å². The molecule has 2 aliphatic rings. The molecule has 2 fully saturated rings. The van der Waals surface area contributed by atoms with Crippen LogP contribution in [0.3, 0.4) is 0 Å². The summed E-state index contributed by atoms with van der Waals surface area (Å²) >= 11 is 0. The van der Waals surface area contributed by atoms with Crippen LogP contribution in [0.25, 0.3) is 0 Å². The highest BCUT2D eigenvalue weighted by Gasteiger charge is 2.41. The number of fused-ring (bicyclic) bond motifs is 2. The summed E-state index contributed by atoms with van der Waals surface area (Å²) < 4.78 is 0. The molecule has 0 amide bonds. The van der Waals surface area contributed by atoms with Gasteiger partial charge in [0, 0.05) is 32.2 Å². The van der Waals surface area contributed by atoms with E-state index in [4.69, 9.17) is 0 Å². The summed E-state index contributed by atoms with van der Waals surface area (Å²) in [7, 11) is 4.29. The van der Waals surface area contributed by atoms with E-state index in [0.717, 1.165) is 24.7 Å². The van der Waals surface area contributed by atoms with Gasteiger partial charge in [-0.1, -0.05) is 19.1 Å². The lowest BCUT2D eigenvalue weighted by Crippen LogP contribution is -2.49. The Balaban J connectivity index is 1.86. The average Bonchev–Trinajstić information content (AvgIpc) is 2.70. The van der Waals surface area contributed by atoms with Gasteiger partial charge in [-0.2, -0.15) is 0 Å². The van der Waals surface area contributed by atoms with E-state index in [2.05, 4.69) is 60.4 Å². The maximum absolute atomic E-state index is 3.66. The maximum atomic E-state index is 3.66. The SMILES string of the molecule is CCNC1CC2CCC(C1)N2c1ccccc1N(C)C. The molecule has 2 unspecified atom stereocenters. The fourth-order valence-electron chi connectivity index (χ4n) is 4.09. The molecular weight excluding hydrogens is 246 g/mol. The first-order chi connectivity index (χ1) is 9.70. The Hall–Kier alpha value is -1.22. The van der Waals surface area contributed by atoms with E-state index in [1.807, 2.05) is 0 Å². The van der Waals surface area contributed by atoms with Gasteiger partial charge in [-0.25, -0.2) is 0 Å². The number of piperidine rings is 1. The van der Waals surface area contributed by atoms with E-state index < -0.39 is 0 Å². The van der Waals surface area contributed by atoms with E-state index in [-0.39, 0.29) is 0 Å². The van der Waals surface area contributed by atoms with Gasteiger partial charge in [-0.3, -0.25) is 0 Å². The molecule has 0 saturated carbocycles. The van der Waals surface area contributed by atoms with Crippen molar-refractivity contribution in [3.8, 4) is 0 Å². The molecule has 110 valence electrons. The largest absolute Gasteiger partial charge is 0.376 e. The molecule has 1 aromatic carbocycles. The van der Waals surface area contributed by atoms with Crippen LogP contribution in [0, 0.1) is 0 Å². The normalized spacial score (nSPS) is 28.8.